The molecule has 0 spiro atoms. The molecule has 0 aliphatic carbocycles. The Bertz CT molecular complexity index is 313. The van der Waals surface area contributed by atoms with Crippen molar-refractivity contribution < 1.29 is 9.90 Å². The molecule has 3 nitrogen and oxygen atoms in total. The lowest BCUT2D eigenvalue weighted by atomic mass is 10.3. The number of aliphatic carboxylic acids is 1. The van der Waals surface area contributed by atoms with Crippen LogP contribution in [0.1, 0.15) is 6.92 Å². The standard InChI is InChI=1S/C8H10BrNO2S/c1-5(8(11)12)10(2)7-3-6(9)4-13-7/h3-5H,1-2H3,(H,11,12). The van der Waals surface area contributed by atoms with E-state index in [1.165, 1.54) is 11.3 Å². The molecule has 0 radical (unpaired) electrons. The second-order valence-electron chi connectivity index (χ2n) is 2.73. The van der Waals surface area contributed by atoms with Crippen LogP contribution in [-0.4, -0.2) is 24.2 Å². The first kappa shape index (κ1) is 10.5. The molecule has 0 aromatic carbocycles. The molecule has 1 atom stereocenters. The number of nitrogens with zero attached hydrogens (tertiary/aromatic N) is 1. The van der Waals surface area contributed by atoms with E-state index < -0.39 is 12.0 Å². The number of carbonyl (C=O) groups is 1. The predicted molar refractivity (Wildman–Crippen MR) is 57.5 cm³/mol. The van der Waals surface area contributed by atoms with E-state index in [-0.39, 0.29) is 0 Å². The summed E-state index contributed by atoms with van der Waals surface area (Å²) in [6, 6.07) is 1.41. The average Bonchev–Trinajstić information content (AvgIpc) is 2.49. The maximum Gasteiger partial charge on any atom is 0.326 e. The van der Waals surface area contributed by atoms with E-state index in [0.29, 0.717) is 0 Å². The Balaban J connectivity index is 2.78. The third-order valence-corrected chi connectivity index (χ3v) is 3.62. The summed E-state index contributed by atoms with van der Waals surface area (Å²) in [6.45, 7) is 1.66. The summed E-state index contributed by atoms with van der Waals surface area (Å²) in [6.07, 6.45) is 0. The van der Waals surface area contributed by atoms with Gasteiger partial charge in [0, 0.05) is 16.9 Å². The van der Waals surface area contributed by atoms with Gasteiger partial charge in [0.1, 0.15) is 6.04 Å². The SMILES string of the molecule is CC(C(=O)O)N(C)c1cc(Br)cs1. The predicted octanol–water partition coefficient (Wildman–Crippen LogP) is 2.42. The fourth-order valence-corrected chi connectivity index (χ4v) is 2.31. The third kappa shape index (κ3) is 2.45. The second-order valence-corrected chi connectivity index (χ2v) is 4.53. The first-order valence-corrected chi connectivity index (χ1v) is 5.39. The molecule has 0 saturated carbocycles. The highest BCUT2D eigenvalue weighted by Gasteiger charge is 2.17. The molecule has 1 rings (SSSR count). The summed E-state index contributed by atoms with van der Waals surface area (Å²) in [5.74, 6) is -0.813. The van der Waals surface area contributed by atoms with Crippen LogP contribution >= 0.6 is 27.3 Å². The van der Waals surface area contributed by atoms with E-state index in [2.05, 4.69) is 15.9 Å². The van der Waals surface area contributed by atoms with Gasteiger partial charge in [0.25, 0.3) is 0 Å². The quantitative estimate of drug-likeness (QED) is 0.911. The van der Waals surface area contributed by atoms with Crippen LogP contribution in [0, 0.1) is 0 Å². The number of halogens is 1. The minimum atomic E-state index is -0.813. The Hall–Kier alpha value is -0.550. The van der Waals surface area contributed by atoms with E-state index in [9.17, 15) is 4.79 Å². The van der Waals surface area contributed by atoms with Crippen LogP contribution in [-0.2, 0) is 4.79 Å². The Morgan fingerprint density at radius 3 is 2.77 bits per heavy atom. The smallest absolute Gasteiger partial charge is 0.326 e. The topological polar surface area (TPSA) is 40.5 Å². The molecule has 0 amide bonds. The van der Waals surface area contributed by atoms with Crippen molar-refractivity contribution in [2.45, 2.75) is 13.0 Å². The lowest BCUT2D eigenvalue weighted by Gasteiger charge is -2.21. The number of hydrogen-bond donors (Lipinski definition) is 1. The number of likely N-dealkylation sites (N-methyl/N-ethyl adjacent to an activating group) is 1. The number of thiophene rings is 1. The normalized spacial score (nSPS) is 12.5. The molecule has 1 unspecified atom stereocenters. The highest BCUT2D eigenvalue weighted by atomic mass is 79.9. The van der Waals surface area contributed by atoms with Gasteiger partial charge in [0.05, 0.1) is 5.00 Å². The van der Waals surface area contributed by atoms with E-state index in [0.717, 1.165) is 9.47 Å². The van der Waals surface area contributed by atoms with Crippen molar-refractivity contribution in [1.82, 2.24) is 0 Å². The minimum absolute atomic E-state index is 0.495. The van der Waals surface area contributed by atoms with E-state index in [4.69, 9.17) is 5.11 Å². The Morgan fingerprint density at radius 2 is 2.38 bits per heavy atom. The van der Waals surface area contributed by atoms with Crippen LogP contribution in [0.5, 0.6) is 0 Å². The monoisotopic (exact) mass is 263 g/mol. The molecule has 72 valence electrons. The number of carboxylic acid groups (broad SMARTS) is 1. The van der Waals surface area contributed by atoms with Gasteiger partial charge in [-0.05, 0) is 28.9 Å². The second kappa shape index (κ2) is 4.11. The molecular formula is C8H10BrNO2S. The summed E-state index contributed by atoms with van der Waals surface area (Å²) in [4.78, 5) is 12.4. The van der Waals surface area contributed by atoms with Gasteiger partial charge in [-0.25, -0.2) is 4.79 Å². The first-order valence-electron chi connectivity index (χ1n) is 3.72. The molecule has 1 aromatic rings. The van der Waals surface area contributed by atoms with Gasteiger partial charge in [0.2, 0.25) is 0 Å². The number of anilines is 1. The zero-order chi connectivity index (χ0) is 10.0. The molecule has 1 heterocycles. The van der Waals surface area contributed by atoms with Gasteiger partial charge in [-0.15, -0.1) is 11.3 Å². The van der Waals surface area contributed by atoms with Gasteiger partial charge < -0.3 is 10.0 Å². The third-order valence-electron chi connectivity index (χ3n) is 1.84. The molecule has 13 heavy (non-hydrogen) atoms. The number of hydrogen-bond acceptors (Lipinski definition) is 3. The van der Waals surface area contributed by atoms with E-state index in [1.807, 2.05) is 11.4 Å². The maximum absolute atomic E-state index is 10.7. The average molecular weight is 264 g/mol. The zero-order valence-electron chi connectivity index (χ0n) is 7.32. The van der Waals surface area contributed by atoms with Crippen LogP contribution in [0.2, 0.25) is 0 Å². The van der Waals surface area contributed by atoms with Crippen LogP contribution in [0.4, 0.5) is 5.00 Å². The van der Waals surface area contributed by atoms with Crippen molar-refractivity contribution in [3.05, 3.63) is 15.9 Å². The van der Waals surface area contributed by atoms with Crippen molar-refractivity contribution in [2.75, 3.05) is 11.9 Å². The molecule has 5 heteroatoms. The number of carboxylic acids is 1. The fraction of sp³-hybridized carbons (Fsp3) is 0.375. The van der Waals surface area contributed by atoms with E-state index in [1.54, 1.807) is 18.9 Å². The summed E-state index contributed by atoms with van der Waals surface area (Å²) in [5, 5.41) is 11.6. The molecule has 1 aromatic heterocycles. The lowest BCUT2D eigenvalue weighted by molar-refractivity contribution is -0.138. The molecular weight excluding hydrogens is 254 g/mol. The molecule has 0 saturated heterocycles. The Labute approximate surface area is 89.1 Å². The summed E-state index contributed by atoms with van der Waals surface area (Å²) < 4.78 is 0.983. The van der Waals surface area contributed by atoms with Gasteiger partial charge in [0.15, 0.2) is 0 Å². The maximum atomic E-state index is 10.7. The fourth-order valence-electron chi connectivity index (χ4n) is 0.844. The molecule has 0 aliphatic rings. The van der Waals surface area contributed by atoms with Crippen LogP contribution in [0.15, 0.2) is 15.9 Å². The van der Waals surface area contributed by atoms with Crippen molar-refractivity contribution >= 4 is 38.2 Å². The molecule has 0 bridgehead atoms. The summed E-state index contributed by atoms with van der Waals surface area (Å²) >= 11 is 4.84. The zero-order valence-corrected chi connectivity index (χ0v) is 9.72. The van der Waals surface area contributed by atoms with Crippen LogP contribution < -0.4 is 4.90 Å². The Kier molecular flexibility index (Phi) is 3.33. The van der Waals surface area contributed by atoms with Gasteiger partial charge in [-0.1, -0.05) is 0 Å². The molecule has 1 N–H and O–H groups in total. The molecule has 0 fully saturated rings. The molecule has 0 aliphatic heterocycles. The van der Waals surface area contributed by atoms with Gasteiger partial charge in [-0.3, -0.25) is 0 Å². The van der Waals surface area contributed by atoms with E-state index >= 15 is 0 Å². The Morgan fingerprint density at radius 1 is 1.77 bits per heavy atom. The first-order chi connectivity index (χ1) is 6.02. The highest BCUT2D eigenvalue weighted by Crippen LogP contribution is 2.28. The number of rotatable bonds is 3. The van der Waals surface area contributed by atoms with Crippen molar-refractivity contribution in [2.24, 2.45) is 0 Å². The van der Waals surface area contributed by atoms with Gasteiger partial charge >= 0.3 is 5.97 Å². The van der Waals surface area contributed by atoms with Crippen LogP contribution in [0.3, 0.4) is 0 Å². The minimum Gasteiger partial charge on any atom is -0.480 e. The van der Waals surface area contributed by atoms with Crippen molar-refractivity contribution in [3.8, 4) is 0 Å². The van der Waals surface area contributed by atoms with Crippen molar-refractivity contribution in [1.29, 1.82) is 0 Å². The highest BCUT2D eigenvalue weighted by molar-refractivity contribution is 9.10. The lowest BCUT2D eigenvalue weighted by Crippen LogP contribution is -2.35. The van der Waals surface area contributed by atoms with Crippen LogP contribution in [0.25, 0.3) is 0 Å². The summed E-state index contributed by atoms with van der Waals surface area (Å²) in [7, 11) is 1.77. The van der Waals surface area contributed by atoms with Gasteiger partial charge in [-0.2, -0.15) is 0 Å². The summed E-state index contributed by atoms with van der Waals surface area (Å²) in [5.41, 5.74) is 0. The van der Waals surface area contributed by atoms with Crippen molar-refractivity contribution in [3.63, 3.8) is 0 Å². The largest absolute Gasteiger partial charge is 0.480 e.